The summed E-state index contributed by atoms with van der Waals surface area (Å²) in [5, 5.41) is 3.36. The third kappa shape index (κ3) is 2.54. The highest BCUT2D eigenvalue weighted by Crippen LogP contribution is 2.36. The lowest BCUT2D eigenvalue weighted by Crippen LogP contribution is -2.41. The van der Waals surface area contributed by atoms with Crippen LogP contribution < -0.4 is 10.2 Å². The number of fused-ring (bicyclic) bond motifs is 1. The summed E-state index contributed by atoms with van der Waals surface area (Å²) < 4.78 is 0. The maximum atomic E-state index is 3.36. The number of anilines is 1. The van der Waals surface area contributed by atoms with Crippen molar-refractivity contribution in [1.82, 2.24) is 5.32 Å². The molecular weight excluding hydrogens is 220 g/mol. The number of rotatable bonds is 4. The van der Waals surface area contributed by atoms with Gasteiger partial charge in [0.2, 0.25) is 0 Å². The fraction of sp³-hybridized carbons (Fsp3) is 0.625. The van der Waals surface area contributed by atoms with Crippen molar-refractivity contribution in [3.05, 3.63) is 29.3 Å². The average Bonchev–Trinajstić information content (AvgIpc) is 2.65. The van der Waals surface area contributed by atoms with Crippen LogP contribution in [0.15, 0.2) is 18.2 Å². The van der Waals surface area contributed by atoms with Gasteiger partial charge in [0, 0.05) is 23.8 Å². The van der Waals surface area contributed by atoms with Crippen LogP contribution >= 0.6 is 0 Å². The van der Waals surface area contributed by atoms with Crippen LogP contribution in [0, 0.1) is 6.92 Å². The summed E-state index contributed by atoms with van der Waals surface area (Å²) in [6.07, 6.45) is 2.41. The third-order valence-corrected chi connectivity index (χ3v) is 4.04. The molecule has 2 rings (SSSR count). The van der Waals surface area contributed by atoms with Crippen molar-refractivity contribution in [2.24, 2.45) is 0 Å². The molecule has 1 N–H and O–H groups in total. The predicted octanol–water partition coefficient (Wildman–Crippen LogP) is 3.13. The lowest BCUT2D eigenvalue weighted by atomic mass is 10.0. The van der Waals surface area contributed by atoms with Crippen LogP contribution in [0.3, 0.4) is 0 Å². The summed E-state index contributed by atoms with van der Waals surface area (Å²) in [5.74, 6) is 0. The van der Waals surface area contributed by atoms with E-state index in [4.69, 9.17) is 0 Å². The van der Waals surface area contributed by atoms with Crippen LogP contribution in [0.4, 0.5) is 5.69 Å². The molecular formula is C16H26N2. The van der Waals surface area contributed by atoms with Crippen LogP contribution in [-0.2, 0) is 6.42 Å². The van der Waals surface area contributed by atoms with Gasteiger partial charge in [0.15, 0.2) is 0 Å². The van der Waals surface area contributed by atoms with Crippen molar-refractivity contribution in [3.63, 3.8) is 0 Å². The minimum atomic E-state index is 0.572. The van der Waals surface area contributed by atoms with Crippen molar-refractivity contribution in [1.29, 1.82) is 0 Å². The van der Waals surface area contributed by atoms with Crippen molar-refractivity contribution in [3.8, 4) is 0 Å². The summed E-state index contributed by atoms with van der Waals surface area (Å²) in [6, 6.07) is 8.68. The van der Waals surface area contributed by atoms with Gasteiger partial charge in [-0.25, -0.2) is 0 Å². The largest absolute Gasteiger partial charge is 0.366 e. The summed E-state index contributed by atoms with van der Waals surface area (Å²) >= 11 is 0. The highest BCUT2D eigenvalue weighted by Gasteiger charge is 2.31. The fourth-order valence-electron chi connectivity index (χ4n) is 3.10. The van der Waals surface area contributed by atoms with E-state index in [2.05, 4.69) is 63.2 Å². The fourth-order valence-corrected chi connectivity index (χ4v) is 3.10. The Morgan fingerprint density at radius 3 is 2.67 bits per heavy atom. The number of hydrogen-bond donors (Lipinski definition) is 1. The Kier molecular flexibility index (Phi) is 3.96. The van der Waals surface area contributed by atoms with E-state index < -0.39 is 0 Å². The highest BCUT2D eigenvalue weighted by atomic mass is 15.2. The monoisotopic (exact) mass is 246 g/mol. The molecule has 0 fully saturated rings. The van der Waals surface area contributed by atoms with Crippen molar-refractivity contribution < 1.29 is 0 Å². The number of nitrogens with zero attached hydrogens (tertiary/aromatic N) is 1. The Labute approximate surface area is 111 Å². The number of nitrogens with one attached hydrogen (secondary N) is 1. The molecule has 1 aliphatic rings. The molecule has 18 heavy (non-hydrogen) atoms. The Balaban J connectivity index is 2.25. The third-order valence-electron chi connectivity index (χ3n) is 4.04. The smallest absolute Gasteiger partial charge is 0.0404 e. The molecule has 1 aromatic rings. The van der Waals surface area contributed by atoms with Crippen molar-refractivity contribution in [2.45, 2.75) is 58.7 Å². The first-order valence-corrected chi connectivity index (χ1v) is 7.08. The first kappa shape index (κ1) is 13.4. The summed E-state index contributed by atoms with van der Waals surface area (Å²) in [6.45, 7) is 9.05. The first-order valence-electron chi connectivity index (χ1n) is 7.08. The van der Waals surface area contributed by atoms with Crippen molar-refractivity contribution in [2.75, 3.05) is 11.9 Å². The zero-order valence-corrected chi connectivity index (χ0v) is 12.3. The van der Waals surface area contributed by atoms with Gasteiger partial charge in [0.1, 0.15) is 0 Å². The van der Waals surface area contributed by atoms with Gasteiger partial charge in [-0.2, -0.15) is 0 Å². The zero-order chi connectivity index (χ0) is 13.3. The highest BCUT2D eigenvalue weighted by molar-refractivity contribution is 5.61. The van der Waals surface area contributed by atoms with Gasteiger partial charge in [0.05, 0.1) is 0 Å². The molecule has 0 aromatic heterocycles. The van der Waals surface area contributed by atoms with Crippen LogP contribution in [0.2, 0.25) is 0 Å². The second kappa shape index (κ2) is 5.31. The molecule has 0 spiro atoms. The van der Waals surface area contributed by atoms with E-state index in [1.54, 1.807) is 0 Å². The van der Waals surface area contributed by atoms with Gasteiger partial charge in [-0.15, -0.1) is 0 Å². The Morgan fingerprint density at radius 1 is 1.33 bits per heavy atom. The van der Waals surface area contributed by atoms with E-state index in [-0.39, 0.29) is 0 Å². The van der Waals surface area contributed by atoms with E-state index in [0.717, 1.165) is 0 Å². The quantitative estimate of drug-likeness (QED) is 0.878. The Morgan fingerprint density at radius 2 is 2.06 bits per heavy atom. The number of hydrogen-bond acceptors (Lipinski definition) is 2. The minimum absolute atomic E-state index is 0.572. The Bertz CT molecular complexity index is 412. The zero-order valence-electron chi connectivity index (χ0n) is 12.3. The molecule has 1 aromatic carbocycles. The van der Waals surface area contributed by atoms with Gasteiger partial charge >= 0.3 is 0 Å². The van der Waals surface area contributed by atoms with E-state index in [1.165, 1.54) is 29.7 Å². The van der Waals surface area contributed by atoms with E-state index in [9.17, 15) is 0 Å². The molecule has 0 saturated heterocycles. The van der Waals surface area contributed by atoms with Crippen LogP contribution in [0.25, 0.3) is 0 Å². The maximum Gasteiger partial charge on any atom is 0.0404 e. The van der Waals surface area contributed by atoms with Crippen LogP contribution in [0.1, 0.15) is 38.3 Å². The molecule has 0 saturated carbocycles. The molecule has 2 nitrogen and oxygen atoms in total. The normalized spacial score (nSPS) is 20.3. The van der Waals surface area contributed by atoms with Gasteiger partial charge in [-0.05, 0) is 59.2 Å². The molecule has 0 bridgehead atoms. The van der Waals surface area contributed by atoms with Gasteiger partial charge < -0.3 is 10.2 Å². The summed E-state index contributed by atoms with van der Waals surface area (Å²) in [5.41, 5.74) is 4.35. The molecule has 0 amide bonds. The van der Waals surface area contributed by atoms with E-state index in [0.29, 0.717) is 18.1 Å². The predicted molar refractivity (Wildman–Crippen MR) is 79.4 cm³/mol. The van der Waals surface area contributed by atoms with Crippen LogP contribution in [0.5, 0.6) is 0 Å². The molecule has 2 heteroatoms. The molecule has 0 radical (unpaired) electrons. The molecule has 2 atom stereocenters. The molecule has 0 aliphatic carbocycles. The topological polar surface area (TPSA) is 15.3 Å². The van der Waals surface area contributed by atoms with E-state index in [1.807, 2.05) is 0 Å². The average molecular weight is 246 g/mol. The van der Waals surface area contributed by atoms with Crippen molar-refractivity contribution >= 4 is 5.69 Å². The number of aryl methyl sites for hydroxylation is 1. The summed E-state index contributed by atoms with van der Waals surface area (Å²) in [7, 11) is 2.05. The minimum Gasteiger partial charge on any atom is -0.366 e. The molecule has 100 valence electrons. The maximum absolute atomic E-state index is 3.36. The SMILES string of the molecule is CNC(C)CC1Cc2cc(C)ccc2N1C(C)C. The molecule has 2 unspecified atom stereocenters. The molecule has 1 aliphatic heterocycles. The van der Waals surface area contributed by atoms with E-state index >= 15 is 0 Å². The molecule has 1 heterocycles. The lowest BCUT2D eigenvalue weighted by Gasteiger charge is -2.33. The van der Waals surface area contributed by atoms with Gasteiger partial charge in [-0.1, -0.05) is 17.7 Å². The second-order valence-electron chi connectivity index (χ2n) is 5.92. The lowest BCUT2D eigenvalue weighted by molar-refractivity contribution is 0.461. The summed E-state index contributed by atoms with van der Waals surface area (Å²) in [4.78, 5) is 2.60. The first-order chi connectivity index (χ1) is 8.52. The second-order valence-corrected chi connectivity index (χ2v) is 5.92. The standard InChI is InChI=1S/C16H26N2/c1-11(2)18-15(9-13(4)17-5)10-14-8-12(3)6-7-16(14)18/h6-8,11,13,15,17H,9-10H2,1-5H3. The Hall–Kier alpha value is -1.02. The number of benzene rings is 1. The van der Waals surface area contributed by atoms with Gasteiger partial charge in [0.25, 0.3) is 0 Å². The van der Waals surface area contributed by atoms with Gasteiger partial charge in [-0.3, -0.25) is 0 Å². The van der Waals surface area contributed by atoms with Crippen LogP contribution in [-0.4, -0.2) is 25.2 Å².